The van der Waals surface area contributed by atoms with Crippen molar-refractivity contribution in [2.75, 3.05) is 7.05 Å². The normalized spacial score (nSPS) is 14.2. The molecular weight excluding hydrogens is 244 g/mol. The van der Waals surface area contributed by atoms with Gasteiger partial charge in [-0.15, -0.1) is 0 Å². The Labute approximate surface area is 98.4 Å². The lowest BCUT2D eigenvalue weighted by Gasteiger charge is -2.07. The summed E-state index contributed by atoms with van der Waals surface area (Å²) < 4.78 is 25.5. The SMILES string of the molecule is CNC(=N)NS(=O)(=O)c1ncc2c(n1)CNC2. The largest absolute Gasteiger partial charge is 0.359 e. The second kappa shape index (κ2) is 4.26. The van der Waals surface area contributed by atoms with Crippen LogP contribution in [0.15, 0.2) is 11.4 Å². The van der Waals surface area contributed by atoms with E-state index in [-0.39, 0.29) is 11.1 Å². The van der Waals surface area contributed by atoms with E-state index in [1.807, 2.05) is 4.72 Å². The fourth-order valence-electron chi connectivity index (χ4n) is 1.40. The van der Waals surface area contributed by atoms with Gasteiger partial charge in [-0.1, -0.05) is 0 Å². The van der Waals surface area contributed by atoms with Crippen LogP contribution in [0.2, 0.25) is 0 Å². The minimum absolute atomic E-state index is 0.319. The van der Waals surface area contributed by atoms with Crippen LogP contribution in [-0.4, -0.2) is 31.4 Å². The molecule has 0 saturated carbocycles. The fourth-order valence-corrected chi connectivity index (χ4v) is 2.28. The Kier molecular flexibility index (Phi) is 2.94. The highest BCUT2D eigenvalue weighted by atomic mass is 32.2. The molecule has 2 heterocycles. The van der Waals surface area contributed by atoms with Crippen LogP contribution in [0.3, 0.4) is 0 Å². The van der Waals surface area contributed by atoms with Crippen LogP contribution < -0.4 is 15.4 Å². The van der Waals surface area contributed by atoms with Crippen LogP contribution in [-0.2, 0) is 23.1 Å². The fraction of sp³-hybridized carbons (Fsp3) is 0.375. The molecule has 8 nitrogen and oxygen atoms in total. The first kappa shape index (κ1) is 11.7. The highest BCUT2D eigenvalue weighted by Crippen LogP contribution is 2.13. The quantitative estimate of drug-likeness (QED) is 0.291. The molecule has 0 unspecified atom stereocenters. The number of hydrogen-bond acceptors (Lipinski definition) is 6. The van der Waals surface area contributed by atoms with Crippen molar-refractivity contribution in [2.45, 2.75) is 18.2 Å². The first-order valence-corrected chi connectivity index (χ1v) is 6.36. The molecule has 0 amide bonds. The Morgan fingerprint density at radius 1 is 1.53 bits per heavy atom. The third-order valence-electron chi connectivity index (χ3n) is 2.27. The molecule has 9 heteroatoms. The second-order valence-electron chi connectivity index (χ2n) is 3.46. The number of hydrogen-bond donors (Lipinski definition) is 4. The van der Waals surface area contributed by atoms with Crippen molar-refractivity contribution in [3.63, 3.8) is 0 Å². The summed E-state index contributed by atoms with van der Waals surface area (Å²) in [5.41, 5.74) is 1.57. The average Bonchev–Trinajstić information content (AvgIpc) is 2.75. The highest BCUT2D eigenvalue weighted by Gasteiger charge is 2.22. The molecule has 0 aromatic carbocycles. The molecule has 1 aromatic heterocycles. The van der Waals surface area contributed by atoms with E-state index in [9.17, 15) is 8.42 Å². The van der Waals surface area contributed by atoms with Gasteiger partial charge in [0.05, 0.1) is 5.69 Å². The van der Waals surface area contributed by atoms with Gasteiger partial charge in [0.25, 0.3) is 15.2 Å². The summed E-state index contributed by atoms with van der Waals surface area (Å²) >= 11 is 0. The molecule has 0 saturated heterocycles. The molecule has 0 spiro atoms. The minimum atomic E-state index is -3.88. The van der Waals surface area contributed by atoms with E-state index in [2.05, 4.69) is 20.6 Å². The maximum absolute atomic E-state index is 11.8. The molecule has 1 aliphatic heterocycles. The summed E-state index contributed by atoms with van der Waals surface area (Å²) in [5, 5.41) is 12.3. The van der Waals surface area contributed by atoms with E-state index < -0.39 is 10.0 Å². The molecule has 92 valence electrons. The van der Waals surface area contributed by atoms with Gasteiger partial charge in [0.15, 0.2) is 0 Å². The van der Waals surface area contributed by atoms with Crippen molar-refractivity contribution in [3.8, 4) is 0 Å². The van der Waals surface area contributed by atoms with Crippen LogP contribution in [0.25, 0.3) is 0 Å². The molecule has 0 aliphatic carbocycles. The van der Waals surface area contributed by atoms with E-state index in [1.54, 1.807) is 0 Å². The number of sulfonamides is 1. The van der Waals surface area contributed by atoms with Gasteiger partial charge in [-0.25, -0.2) is 14.7 Å². The summed E-state index contributed by atoms with van der Waals surface area (Å²) in [6, 6.07) is 0. The average molecular weight is 256 g/mol. The number of nitrogens with one attached hydrogen (secondary N) is 4. The molecular formula is C8H12N6O2S. The maximum Gasteiger partial charge on any atom is 0.299 e. The molecule has 1 aliphatic rings. The summed E-state index contributed by atoms with van der Waals surface area (Å²) in [6.45, 7) is 1.18. The third kappa shape index (κ3) is 2.34. The Balaban J connectivity index is 2.31. The monoisotopic (exact) mass is 256 g/mol. The van der Waals surface area contributed by atoms with Crippen LogP contribution in [0.5, 0.6) is 0 Å². The van der Waals surface area contributed by atoms with E-state index in [0.29, 0.717) is 18.8 Å². The van der Waals surface area contributed by atoms with Crippen molar-refractivity contribution in [1.82, 2.24) is 25.3 Å². The van der Waals surface area contributed by atoms with Crippen LogP contribution in [0, 0.1) is 5.41 Å². The zero-order valence-electron chi connectivity index (χ0n) is 9.11. The topological polar surface area (TPSA) is 120 Å². The molecule has 0 radical (unpaired) electrons. The number of rotatable bonds is 2. The van der Waals surface area contributed by atoms with E-state index >= 15 is 0 Å². The summed E-state index contributed by atoms with van der Waals surface area (Å²) in [5.74, 6) is -0.327. The van der Waals surface area contributed by atoms with Crippen LogP contribution in [0.1, 0.15) is 11.3 Å². The van der Waals surface area contributed by atoms with Crippen molar-refractivity contribution in [2.24, 2.45) is 0 Å². The maximum atomic E-state index is 11.8. The lowest BCUT2D eigenvalue weighted by atomic mass is 10.3. The van der Waals surface area contributed by atoms with Gasteiger partial charge in [-0.05, 0) is 0 Å². The minimum Gasteiger partial charge on any atom is -0.359 e. The number of nitrogens with zero attached hydrogens (tertiary/aromatic N) is 2. The molecule has 0 bridgehead atoms. The molecule has 1 aromatic rings. The Morgan fingerprint density at radius 2 is 2.29 bits per heavy atom. The highest BCUT2D eigenvalue weighted by molar-refractivity contribution is 7.89. The second-order valence-corrected chi connectivity index (χ2v) is 5.03. The number of fused-ring (bicyclic) bond motifs is 1. The summed E-state index contributed by atoms with van der Waals surface area (Å²) in [7, 11) is -2.44. The van der Waals surface area contributed by atoms with Gasteiger partial charge in [-0.3, -0.25) is 5.41 Å². The zero-order chi connectivity index (χ0) is 12.5. The Bertz CT molecular complexity index is 555. The van der Waals surface area contributed by atoms with Gasteiger partial charge in [0.2, 0.25) is 5.96 Å². The third-order valence-corrected chi connectivity index (χ3v) is 3.42. The number of guanidine groups is 1. The molecule has 0 atom stereocenters. The Morgan fingerprint density at radius 3 is 3.00 bits per heavy atom. The van der Waals surface area contributed by atoms with E-state index in [4.69, 9.17) is 5.41 Å². The van der Waals surface area contributed by atoms with Gasteiger partial charge in [0, 0.05) is 31.9 Å². The molecule has 17 heavy (non-hydrogen) atoms. The standard InChI is InChI=1S/C8H12N6O2S/c1-10-7(9)14-17(15,16)8-12-3-5-2-11-4-6(5)13-8/h3,11H,2,4H2,1H3,(H3,9,10,14). The van der Waals surface area contributed by atoms with Crippen LogP contribution in [0.4, 0.5) is 0 Å². The lowest BCUT2D eigenvalue weighted by Crippen LogP contribution is -2.38. The predicted molar refractivity (Wildman–Crippen MR) is 59.7 cm³/mol. The zero-order valence-corrected chi connectivity index (χ0v) is 9.93. The van der Waals surface area contributed by atoms with E-state index in [1.165, 1.54) is 13.2 Å². The van der Waals surface area contributed by atoms with Crippen LogP contribution >= 0.6 is 0 Å². The van der Waals surface area contributed by atoms with Crippen molar-refractivity contribution in [3.05, 3.63) is 17.5 Å². The Hall–Kier alpha value is -1.74. The first-order valence-electron chi connectivity index (χ1n) is 4.87. The molecule has 4 N–H and O–H groups in total. The van der Waals surface area contributed by atoms with Gasteiger partial charge >= 0.3 is 0 Å². The summed E-state index contributed by atoms with van der Waals surface area (Å²) in [6.07, 6.45) is 1.49. The van der Waals surface area contributed by atoms with Gasteiger partial charge < -0.3 is 10.6 Å². The van der Waals surface area contributed by atoms with Crippen molar-refractivity contribution >= 4 is 16.0 Å². The van der Waals surface area contributed by atoms with Crippen molar-refractivity contribution < 1.29 is 8.42 Å². The predicted octanol–water partition coefficient (Wildman–Crippen LogP) is -1.49. The lowest BCUT2D eigenvalue weighted by molar-refractivity contribution is 0.581. The smallest absolute Gasteiger partial charge is 0.299 e. The molecule has 2 rings (SSSR count). The van der Waals surface area contributed by atoms with Gasteiger partial charge in [0.1, 0.15) is 0 Å². The first-order chi connectivity index (χ1) is 8.03. The number of aromatic nitrogens is 2. The van der Waals surface area contributed by atoms with E-state index in [0.717, 1.165) is 5.56 Å². The van der Waals surface area contributed by atoms with Gasteiger partial charge in [-0.2, -0.15) is 8.42 Å². The molecule has 0 fully saturated rings. The summed E-state index contributed by atoms with van der Waals surface area (Å²) in [4.78, 5) is 7.75. The van der Waals surface area contributed by atoms with Crippen molar-refractivity contribution in [1.29, 1.82) is 5.41 Å².